The SMILES string of the molecule is Oc1cc(CBr)cc(OCc2ccccc2)c1O. The van der Waals surface area contributed by atoms with Crippen LogP contribution in [0.4, 0.5) is 0 Å². The quantitative estimate of drug-likeness (QED) is 0.670. The third kappa shape index (κ3) is 2.96. The first-order valence-electron chi connectivity index (χ1n) is 5.48. The molecule has 94 valence electrons. The van der Waals surface area contributed by atoms with Gasteiger partial charge in [-0.05, 0) is 23.3 Å². The molecular weight excluding hydrogens is 296 g/mol. The monoisotopic (exact) mass is 308 g/mol. The van der Waals surface area contributed by atoms with Gasteiger partial charge < -0.3 is 14.9 Å². The number of phenolic OH excluding ortho intramolecular Hbond substituents is 2. The normalized spacial score (nSPS) is 10.3. The Bertz CT molecular complexity index is 526. The van der Waals surface area contributed by atoms with Crippen molar-refractivity contribution < 1.29 is 14.9 Å². The van der Waals surface area contributed by atoms with Crippen molar-refractivity contribution in [2.45, 2.75) is 11.9 Å². The van der Waals surface area contributed by atoms with E-state index in [1.807, 2.05) is 30.3 Å². The molecule has 0 aliphatic rings. The lowest BCUT2D eigenvalue weighted by Crippen LogP contribution is -1.96. The molecule has 2 N–H and O–H groups in total. The number of ether oxygens (including phenoxy) is 1. The summed E-state index contributed by atoms with van der Waals surface area (Å²) in [6.45, 7) is 0.347. The Morgan fingerprint density at radius 3 is 2.39 bits per heavy atom. The van der Waals surface area contributed by atoms with E-state index in [0.717, 1.165) is 11.1 Å². The second kappa shape index (κ2) is 5.78. The zero-order valence-corrected chi connectivity index (χ0v) is 11.2. The van der Waals surface area contributed by atoms with Gasteiger partial charge in [0.1, 0.15) is 6.61 Å². The van der Waals surface area contributed by atoms with Gasteiger partial charge in [0.15, 0.2) is 11.5 Å². The zero-order chi connectivity index (χ0) is 13.0. The molecule has 2 aromatic rings. The molecule has 0 atom stereocenters. The van der Waals surface area contributed by atoms with Crippen LogP contribution < -0.4 is 4.74 Å². The van der Waals surface area contributed by atoms with Crippen molar-refractivity contribution >= 4 is 15.9 Å². The van der Waals surface area contributed by atoms with Crippen molar-refractivity contribution in [3.05, 3.63) is 53.6 Å². The second-order valence-electron chi connectivity index (χ2n) is 3.87. The van der Waals surface area contributed by atoms with E-state index in [0.29, 0.717) is 11.9 Å². The van der Waals surface area contributed by atoms with E-state index in [9.17, 15) is 10.2 Å². The molecule has 0 unspecified atom stereocenters. The summed E-state index contributed by atoms with van der Waals surface area (Å²) in [6, 6.07) is 12.8. The van der Waals surface area contributed by atoms with E-state index in [1.54, 1.807) is 6.07 Å². The Morgan fingerprint density at radius 2 is 1.72 bits per heavy atom. The summed E-state index contributed by atoms with van der Waals surface area (Å²) in [6.07, 6.45) is 0. The molecule has 0 heterocycles. The average Bonchev–Trinajstić information content (AvgIpc) is 2.41. The van der Waals surface area contributed by atoms with E-state index in [-0.39, 0.29) is 17.2 Å². The lowest BCUT2D eigenvalue weighted by molar-refractivity contribution is 0.282. The minimum atomic E-state index is -0.226. The Hall–Kier alpha value is -1.68. The first kappa shape index (κ1) is 12.8. The molecule has 0 aliphatic heterocycles. The van der Waals surface area contributed by atoms with Gasteiger partial charge in [-0.2, -0.15) is 0 Å². The summed E-state index contributed by atoms with van der Waals surface area (Å²) >= 11 is 3.30. The number of benzene rings is 2. The average molecular weight is 309 g/mol. The molecule has 3 nitrogen and oxygen atoms in total. The van der Waals surface area contributed by atoms with Crippen LogP contribution in [0.3, 0.4) is 0 Å². The van der Waals surface area contributed by atoms with Gasteiger partial charge in [0.25, 0.3) is 0 Å². The smallest absolute Gasteiger partial charge is 0.200 e. The van der Waals surface area contributed by atoms with Crippen LogP contribution in [-0.2, 0) is 11.9 Å². The Balaban J connectivity index is 2.16. The molecule has 4 heteroatoms. The first-order valence-corrected chi connectivity index (χ1v) is 6.60. The number of hydrogen-bond acceptors (Lipinski definition) is 3. The largest absolute Gasteiger partial charge is 0.504 e. The number of aromatic hydroxyl groups is 2. The molecule has 0 amide bonds. The molecule has 0 saturated carbocycles. The number of phenols is 2. The molecular formula is C14H13BrO3. The van der Waals surface area contributed by atoms with E-state index in [2.05, 4.69) is 15.9 Å². The van der Waals surface area contributed by atoms with Crippen molar-refractivity contribution in [3.63, 3.8) is 0 Å². The molecule has 0 aliphatic carbocycles. The zero-order valence-electron chi connectivity index (χ0n) is 9.64. The van der Waals surface area contributed by atoms with Crippen molar-refractivity contribution in [1.82, 2.24) is 0 Å². The predicted octanol–water partition coefficient (Wildman–Crippen LogP) is 3.57. The molecule has 0 spiro atoms. The molecule has 0 fully saturated rings. The van der Waals surface area contributed by atoms with Crippen molar-refractivity contribution in [3.8, 4) is 17.2 Å². The predicted molar refractivity (Wildman–Crippen MR) is 73.2 cm³/mol. The summed E-state index contributed by atoms with van der Waals surface area (Å²) in [5.74, 6) is -0.112. The van der Waals surface area contributed by atoms with Gasteiger partial charge in [0.05, 0.1) is 0 Å². The van der Waals surface area contributed by atoms with Crippen molar-refractivity contribution in [2.75, 3.05) is 0 Å². The van der Waals surface area contributed by atoms with Crippen molar-refractivity contribution in [1.29, 1.82) is 0 Å². The number of rotatable bonds is 4. The van der Waals surface area contributed by atoms with Gasteiger partial charge in [0, 0.05) is 5.33 Å². The first-order chi connectivity index (χ1) is 8.70. The highest BCUT2D eigenvalue weighted by Crippen LogP contribution is 2.37. The van der Waals surface area contributed by atoms with E-state index >= 15 is 0 Å². The molecule has 0 radical (unpaired) electrons. The molecule has 2 rings (SSSR count). The van der Waals surface area contributed by atoms with Crippen LogP contribution in [0.5, 0.6) is 17.2 Å². The number of halogens is 1. The van der Waals surface area contributed by atoms with Gasteiger partial charge in [-0.1, -0.05) is 46.3 Å². The Morgan fingerprint density at radius 1 is 1.00 bits per heavy atom. The van der Waals surface area contributed by atoms with Crippen LogP contribution in [0.2, 0.25) is 0 Å². The van der Waals surface area contributed by atoms with E-state index < -0.39 is 0 Å². The molecule has 0 saturated heterocycles. The third-order valence-corrected chi connectivity index (χ3v) is 3.15. The van der Waals surface area contributed by atoms with Crippen LogP contribution >= 0.6 is 15.9 Å². The topological polar surface area (TPSA) is 49.7 Å². The minimum Gasteiger partial charge on any atom is -0.504 e. The number of alkyl halides is 1. The fourth-order valence-electron chi connectivity index (χ4n) is 1.57. The maximum Gasteiger partial charge on any atom is 0.200 e. The maximum absolute atomic E-state index is 9.71. The Labute approximate surface area is 114 Å². The van der Waals surface area contributed by atoms with Gasteiger partial charge >= 0.3 is 0 Å². The fourth-order valence-corrected chi connectivity index (χ4v) is 1.89. The third-order valence-electron chi connectivity index (χ3n) is 2.51. The van der Waals surface area contributed by atoms with Gasteiger partial charge in [0.2, 0.25) is 5.75 Å². The summed E-state index contributed by atoms with van der Waals surface area (Å²) < 4.78 is 5.52. The lowest BCUT2D eigenvalue weighted by atomic mass is 10.2. The fraction of sp³-hybridized carbons (Fsp3) is 0.143. The highest BCUT2D eigenvalue weighted by atomic mass is 79.9. The molecule has 2 aromatic carbocycles. The van der Waals surface area contributed by atoms with Crippen LogP contribution in [-0.4, -0.2) is 10.2 Å². The molecule has 0 bridgehead atoms. The molecule has 18 heavy (non-hydrogen) atoms. The van der Waals surface area contributed by atoms with Crippen LogP contribution in [0.15, 0.2) is 42.5 Å². The van der Waals surface area contributed by atoms with Gasteiger partial charge in [-0.15, -0.1) is 0 Å². The van der Waals surface area contributed by atoms with E-state index in [1.165, 1.54) is 6.07 Å². The minimum absolute atomic E-state index is 0.171. The summed E-state index contributed by atoms with van der Waals surface area (Å²) in [7, 11) is 0. The van der Waals surface area contributed by atoms with Crippen molar-refractivity contribution in [2.24, 2.45) is 0 Å². The number of hydrogen-bond donors (Lipinski definition) is 2. The lowest BCUT2D eigenvalue weighted by Gasteiger charge is -2.10. The summed E-state index contributed by atoms with van der Waals surface area (Å²) in [5, 5.41) is 19.8. The summed E-state index contributed by atoms with van der Waals surface area (Å²) in [5.41, 5.74) is 1.84. The van der Waals surface area contributed by atoms with Gasteiger partial charge in [-0.25, -0.2) is 0 Å². The molecule has 0 aromatic heterocycles. The van der Waals surface area contributed by atoms with Gasteiger partial charge in [-0.3, -0.25) is 0 Å². The van der Waals surface area contributed by atoms with Crippen LogP contribution in [0.25, 0.3) is 0 Å². The highest BCUT2D eigenvalue weighted by molar-refractivity contribution is 9.08. The Kier molecular flexibility index (Phi) is 4.10. The highest BCUT2D eigenvalue weighted by Gasteiger charge is 2.10. The maximum atomic E-state index is 9.71. The standard InChI is InChI=1S/C14H13BrO3/c15-8-11-6-12(16)14(17)13(7-11)18-9-10-4-2-1-3-5-10/h1-7,16-17H,8-9H2. The van der Waals surface area contributed by atoms with Crippen LogP contribution in [0, 0.1) is 0 Å². The van der Waals surface area contributed by atoms with E-state index in [4.69, 9.17) is 4.74 Å². The second-order valence-corrected chi connectivity index (χ2v) is 4.43. The van der Waals surface area contributed by atoms with Crippen LogP contribution in [0.1, 0.15) is 11.1 Å². The summed E-state index contributed by atoms with van der Waals surface area (Å²) in [4.78, 5) is 0.